The molecule has 1 heterocycles. The van der Waals surface area contributed by atoms with Crippen LogP contribution in [0.1, 0.15) is 27.9 Å². The Morgan fingerprint density at radius 2 is 1.38 bits per heavy atom. The predicted octanol–water partition coefficient (Wildman–Crippen LogP) is 7.71. The summed E-state index contributed by atoms with van der Waals surface area (Å²) in [5.74, 6) is 0.888. The number of benzene rings is 4. The van der Waals surface area contributed by atoms with Crippen molar-refractivity contribution in [1.82, 2.24) is 4.57 Å². The molecule has 0 unspecified atom stereocenters. The number of hydrogen-bond acceptors (Lipinski definition) is 1. The Labute approximate surface area is 212 Å². The van der Waals surface area contributed by atoms with Gasteiger partial charge in [0, 0.05) is 32.7 Å². The summed E-state index contributed by atoms with van der Waals surface area (Å²) >= 11 is 2.64. The van der Waals surface area contributed by atoms with E-state index in [1.165, 1.54) is 59.1 Å². The summed E-state index contributed by atoms with van der Waals surface area (Å²) in [5.41, 5.74) is 11.5. The summed E-state index contributed by atoms with van der Waals surface area (Å²) in [7, 11) is 3.95. The Hall–Kier alpha value is -3.31. The van der Waals surface area contributed by atoms with E-state index in [-0.39, 0.29) is 5.41 Å². The summed E-state index contributed by atoms with van der Waals surface area (Å²) in [6.07, 6.45) is 0. The number of aromatic nitrogens is 1. The molecular formula is C31H22INO. The van der Waals surface area contributed by atoms with Crippen molar-refractivity contribution in [2.24, 2.45) is 7.05 Å². The molecule has 2 nitrogen and oxygen atoms in total. The van der Waals surface area contributed by atoms with Gasteiger partial charge in [0.15, 0.2) is 0 Å². The molecule has 0 saturated carbocycles. The lowest BCUT2D eigenvalue weighted by Gasteiger charge is -2.30. The highest BCUT2D eigenvalue weighted by Crippen LogP contribution is 2.66. The summed E-state index contributed by atoms with van der Waals surface area (Å²) < 4.78 is 9.43. The van der Waals surface area contributed by atoms with E-state index in [2.05, 4.69) is 131 Å². The van der Waals surface area contributed by atoms with E-state index in [1.807, 2.05) is 0 Å². The number of halogens is 1. The van der Waals surface area contributed by atoms with Crippen molar-refractivity contribution in [3.8, 4) is 16.9 Å². The molecule has 2 aliphatic carbocycles. The maximum absolute atomic E-state index is 5.69. The molecular weight excluding hydrogens is 529 g/mol. The molecule has 4 aromatic carbocycles. The van der Waals surface area contributed by atoms with Gasteiger partial charge in [-0.1, -0.05) is 78.9 Å². The van der Waals surface area contributed by atoms with Crippen LogP contribution in [0, 0.1) is 0 Å². The first kappa shape index (κ1) is 20.1. The highest BCUT2D eigenvalue weighted by atomic mass is 127. The molecule has 0 bridgehead atoms. The van der Waals surface area contributed by atoms with Crippen LogP contribution in [0.2, 0.25) is 0 Å². The highest BCUT2D eigenvalue weighted by Gasteiger charge is 2.54. The zero-order chi connectivity index (χ0) is 23.0. The van der Waals surface area contributed by atoms with Gasteiger partial charge in [-0.25, -0.2) is 0 Å². The number of allylic oxidation sites excluding steroid dienone is 1. The molecule has 7 rings (SSSR count). The van der Waals surface area contributed by atoms with E-state index >= 15 is 0 Å². The predicted molar refractivity (Wildman–Crippen MR) is 148 cm³/mol. The van der Waals surface area contributed by atoms with Crippen LogP contribution in [-0.2, 0) is 12.5 Å². The first-order chi connectivity index (χ1) is 16.7. The van der Waals surface area contributed by atoms with Crippen LogP contribution in [0.3, 0.4) is 0 Å². The molecule has 2 aliphatic rings. The Balaban J connectivity index is 1.74. The molecule has 34 heavy (non-hydrogen) atoms. The second-order valence-corrected chi connectivity index (χ2v) is 10.1. The van der Waals surface area contributed by atoms with Crippen LogP contribution in [0.25, 0.3) is 27.6 Å². The van der Waals surface area contributed by atoms with Gasteiger partial charge in [-0.2, -0.15) is 0 Å². The van der Waals surface area contributed by atoms with Gasteiger partial charge in [-0.15, -0.1) is 0 Å². The third kappa shape index (κ3) is 2.31. The first-order valence-electron chi connectivity index (χ1n) is 11.5. The normalized spacial score (nSPS) is 15.0. The van der Waals surface area contributed by atoms with Crippen molar-refractivity contribution in [2.45, 2.75) is 5.41 Å². The van der Waals surface area contributed by atoms with Gasteiger partial charge in [-0.05, 0) is 68.6 Å². The van der Waals surface area contributed by atoms with Crippen molar-refractivity contribution in [1.29, 1.82) is 0 Å². The van der Waals surface area contributed by atoms with Gasteiger partial charge in [0.05, 0.1) is 18.2 Å². The van der Waals surface area contributed by atoms with Gasteiger partial charge < -0.3 is 9.30 Å². The Bertz CT molecular complexity index is 1610. The van der Waals surface area contributed by atoms with Gasteiger partial charge in [0.25, 0.3) is 0 Å². The van der Waals surface area contributed by atoms with Crippen LogP contribution in [0.15, 0.2) is 101 Å². The summed E-state index contributed by atoms with van der Waals surface area (Å²) in [5, 5.41) is 1.25. The largest absolute Gasteiger partial charge is 0.497 e. The minimum absolute atomic E-state index is 0.347. The average Bonchev–Trinajstić information content (AvgIpc) is 3.45. The molecule has 0 aliphatic heterocycles. The fourth-order valence-corrected chi connectivity index (χ4v) is 7.65. The SMILES string of the molecule is COc1ccc2c(c1)c1c(n2C)C(c2ccccc2)=C(I)C12c1ccccc1-c1ccccc12. The van der Waals surface area contributed by atoms with Gasteiger partial charge in [0.2, 0.25) is 0 Å². The molecule has 0 atom stereocenters. The van der Waals surface area contributed by atoms with Crippen molar-refractivity contribution >= 4 is 39.1 Å². The Morgan fingerprint density at radius 3 is 2.03 bits per heavy atom. The van der Waals surface area contributed by atoms with E-state index in [4.69, 9.17) is 4.74 Å². The smallest absolute Gasteiger partial charge is 0.119 e. The number of methoxy groups -OCH3 is 1. The van der Waals surface area contributed by atoms with E-state index in [0.29, 0.717) is 0 Å². The molecule has 5 aromatic rings. The molecule has 164 valence electrons. The van der Waals surface area contributed by atoms with Crippen molar-refractivity contribution in [3.05, 3.63) is 129 Å². The maximum atomic E-state index is 5.69. The minimum atomic E-state index is -0.347. The van der Waals surface area contributed by atoms with Crippen LogP contribution < -0.4 is 4.74 Å². The Morgan fingerprint density at radius 1 is 0.765 bits per heavy atom. The van der Waals surface area contributed by atoms with E-state index in [0.717, 1.165) is 5.75 Å². The minimum Gasteiger partial charge on any atom is -0.497 e. The van der Waals surface area contributed by atoms with E-state index < -0.39 is 0 Å². The maximum Gasteiger partial charge on any atom is 0.119 e. The lowest BCUT2D eigenvalue weighted by atomic mass is 9.74. The van der Waals surface area contributed by atoms with E-state index in [9.17, 15) is 0 Å². The number of rotatable bonds is 2. The number of nitrogens with zero attached hydrogens (tertiary/aromatic N) is 1. The van der Waals surface area contributed by atoms with Gasteiger partial charge in [-0.3, -0.25) is 0 Å². The topological polar surface area (TPSA) is 14.2 Å². The van der Waals surface area contributed by atoms with Crippen LogP contribution in [-0.4, -0.2) is 11.7 Å². The summed E-state index contributed by atoms with van der Waals surface area (Å²) in [4.78, 5) is 0. The quantitative estimate of drug-likeness (QED) is 0.205. The summed E-state index contributed by atoms with van der Waals surface area (Å²) in [6, 6.07) is 35.2. The molecule has 0 N–H and O–H groups in total. The molecule has 0 amide bonds. The summed E-state index contributed by atoms with van der Waals surface area (Å²) in [6.45, 7) is 0. The molecule has 3 heteroatoms. The van der Waals surface area contributed by atoms with Crippen molar-refractivity contribution in [2.75, 3.05) is 7.11 Å². The Kier molecular flexibility index (Phi) is 4.19. The van der Waals surface area contributed by atoms with Crippen LogP contribution in [0.4, 0.5) is 0 Å². The number of ether oxygens (including phenoxy) is 1. The number of aryl methyl sites for hydroxylation is 1. The molecule has 0 radical (unpaired) electrons. The molecule has 1 aromatic heterocycles. The fraction of sp³-hybridized carbons (Fsp3) is 0.0968. The second-order valence-electron chi connectivity index (χ2n) is 9.06. The third-order valence-corrected chi connectivity index (χ3v) is 8.93. The highest BCUT2D eigenvalue weighted by molar-refractivity contribution is 14.1. The van der Waals surface area contributed by atoms with Crippen molar-refractivity contribution in [3.63, 3.8) is 0 Å². The van der Waals surface area contributed by atoms with Crippen LogP contribution >= 0.6 is 22.6 Å². The van der Waals surface area contributed by atoms with Crippen LogP contribution in [0.5, 0.6) is 5.75 Å². The first-order valence-corrected chi connectivity index (χ1v) is 12.6. The molecule has 0 fully saturated rings. The zero-order valence-corrected chi connectivity index (χ0v) is 21.1. The lowest BCUT2D eigenvalue weighted by molar-refractivity contribution is 0.415. The van der Waals surface area contributed by atoms with Gasteiger partial charge in [0.1, 0.15) is 5.75 Å². The zero-order valence-electron chi connectivity index (χ0n) is 19.0. The average molecular weight is 551 g/mol. The second kappa shape index (κ2) is 7.09. The van der Waals surface area contributed by atoms with Crippen molar-refractivity contribution < 1.29 is 4.74 Å². The standard InChI is InChI=1S/C31H22INO/c1-33-26-17-16-20(34-2)18-23(26)28-29(33)27(19-10-4-3-5-11-19)30(32)31(28)24-14-8-6-12-21(24)22-13-7-9-15-25(22)31/h3-18H,1-2H3. The van der Waals surface area contributed by atoms with Gasteiger partial charge >= 0.3 is 0 Å². The third-order valence-electron chi connectivity index (χ3n) is 7.58. The monoisotopic (exact) mass is 551 g/mol. The molecule has 0 saturated heterocycles. The fourth-order valence-electron chi connectivity index (χ4n) is 6.23. The lowest BCUT2D eigenvalue weighted by Crippen LogP contribution is -2.25. The number of fused-ring (bicyclic) bond motifs is 9. The molecule has 1 spiro atoms. The van der Waals surface area contributed by atoms with E-state index in [1.54, 1.807) is 7.11 Å². The number of hydrogen-bond donors (Lipinski definition) is 0.